The Kier molecular flexibility index (Phi) is 4.31. The number of nitrogens with zero attached hydrogens (tertiary/aromatic N) is 3. The first-order valence-electron chi connectivity index (χ1n) is 7.08. The van der Waals surface area contributed by atoms with E-state index in [9.17, 15) is 0 Å². The first kappa shape index (κ1) is 14.2. The Morgan fingerprint density at radius 1 is 1.29 bits per heavy atom. The fourth-order valence-corrected chi connectivity index (χ4v) is 2.64. The molecule has 1 aromatic carbocycles. The van der Waals surface area contributed by atoms with Crippen LogP contribution in [0.1, 0.15) is 19.0 Å². The summed E-state index contributed by atoms with van der Waals surface area (Å²) in [6.07, 6.45) is 4.93. The summed E-state index contributed by atoms with van der Waals surface area (Å²) >= 11 is 3.46. The van der Waals surface area contributed by atoms with E-state index in [0.29, 0.717) is 0 Å². The Balaban J connectivity index is 1.93. The molecule has 0 fully saturated rings. The highest BCUT2D eigenvalue weighted by molar-refractivity contribution is 9.10. The molecule has 0 saturated carbocycles. The summed E-state index contributed by atoms with van der Waals surface area (Å²) < 4.78 is 2.88. The Morgan fingerprint density at radius 3 is 3.05 bits per heavy atom. The van der Waals surface area contributed by atoms with Crippen LogP contribution in [0.4, 0.5) is 0 Å². The topological polar surface area (TPSA) is 42.7 Å². The zero-order valence-corrected chi connectivity index (χ0v) is 13.5. The van der Waals surface area contributed by atoms with Gasteiger partial charge in [-0.1, -0.05) is 19.1 Å². The van der Waals surface area contributed by atoms with E-state index >= 15 is 0 Å². The fraction of sp³-hybridized carbons (Fsp3) is 0.250. The zero-order valence-electron chi connectivity index (χ0n) is 11.9. The number of rotatable bonds is 5. The summed E-state index contributed by atoms with van der Waals surface area (Å²) in [4.78, 5) is 4.52. The van der Waals surface area contributed by atoms with Crippen molar-refractivity contribution in [3.63, 3.8) is 0 Å². The third-order valence-corrected chi connectivity index (χ3v) is 3.71. The van der Waals surface area contributed by atoms with Crippen molar-refractivity contribution in [1.82, 2.24) is 20.1 Å². The number of hydrogen-bond donors (Lipinski definition) is 1. The first-order valence-corrected chi connectivity index (χ1v) is 7.87. The second-order valence-electron chi connectivity index (χ2n) is 4.93. The van der Waals surface area contributed by atoms with Crippen molar-refractivity contribution in [2.45, 2.75) is 19.9 Å². The summed E-state index contributed by atoms with van der Waals surface area (Å²) in [5, 5.41) is 9.09. The minimum atomic E-state index is 0.796. The van der Waals surface area contributed by atoms with Gasteiger partial charge in [-0.25, -0.2) is 4.68 Å². The van der Waals surface area contributed by atoms with Crippen LogP contribution in [0.25, 0.3) is 16.6 Å². The number of pyridine rings is 1. The van der Waals surface area contributed by atoms with E-state index in [4.69, 9.17) is 0 Å². The van der Waals surface area contributed by atoms with Crippen LogP contribution in [0.2, 0.25) is 0 Å². The predicted molar refractivity (Wildman–Crippen MR) is 88.6 cm³/mol. The van der Waals surface area contributed by atoms with E-state index < -0.39 is 0 Å². The van der Waals surface area contributed by atoms with Crippen LogP contribution in [0.5, 0.6) is 0 Å². The number of benzene rings is 1. The maximum atomic E-state index is 4.63. The lowest BCUT2D eigenvalue weighted by atomic mass is 10.2. The molecule has 21 heavy (non-hydrogen) atoms. The monoisotopic (exact) mass is 344 g/mol. The van der Waals surface area contributed by atoms with Crippen LogP contribution in [0.15, 0.2) is 47.2 Å². The molecule has 1 N–H and O–H groups in total. The maximum Gasteiger partial charge on any atom is 0.0959 e. The van der Waals surface area contributed by atoms with Crippen molar-refractivity contribution >= 4 is 26.8 Å². The second-order valence-corrected chi connectivity index (χ2v) is 5.85. The van der Waals surface area contributed by atoms with Gasteiger partial charge in [-0.3, -0.25) is 4.98 Å². The SMILES string of the molecule is CCCNCc1ccn(-c2cccc3cc(Br)cnc23)n1. The highest BCUT2D eigenvalue weighted by Gasteiger charge is 2.07. The van der Waals surface area contributed by atoms with Gasteiger partial charge in [-0.2, -0.15) is 5.10 Å². The van der Waals surface area contributed by atoms with E-state index in [1.54, 1.807) is 0 Å². The molecule has 0 aliphatic carbocycles. The molecule has 0 unspecified atom stereocenters. The van der Waals surface area contributed by atoms with E-state index in [1.165, 1.54) is 0 Å². The quantitative estimate of drug-likeness (QED) is 0.718. The normalized spacial score (nSPS) is 11.1. The fourth-order valence-electron chi connectivity index (χ4n) is 2.29. The molecule has 3 rings (SSSR count). The third kappa shape index (κ3) is 3.14. The largest absolute Gasteiger partial charge is 0.311 e. The molecule has 0 spiro atoms. The van der Waals surface area contributed by atoms with Crippen molar-refractivity contribution < 1.29 is 0 Å². The van der Waals surface area contributed by atoms with Crippen LogP contribution in [0.3, 0.4) is 0 Å². The van der Waals surface area contributed by atoms with Crippen molar-refractivity contribution in [2.24, 2.45) is 0 Å². The Labute approximate surface area is 132 Å². The van der Waals surface area contributed by atoms with Crippen LogP contribution >= 0.6 is 15.9 Å². The van der Waals surface area contributed by atoms with E-state index in [0.717, 1.165) is 46.3 Å². The van der Waals surface area contributed by atoms with Gasteiger partial charge in [0, 0.05) is 28.8 Å². The minimum absolute atomic E-state index is 0.796. The van der Waals surface area contributed by atoms with Gasteiger partial charge in [0.25, 0.3) is 0 Å². The highest BCUT2D eigenvalue weighted by Crippen LogP contribution is 2.22. The molecular formula is C16H17BrN4. The van der Waals surface area contributed by atoms with Gasteiger partial charge < -0.3 is 5.32 Å². The molecule has 108 valence electrons. The molecular weight excluding hydrogens is 328 g/mol. The molecule has 0 amide bonds. The Hall–Kier alpha value is -1.72. The lowest BCUT2D eigenvalue weighted by Gasteiger charge is -2.06. The molecule has 0 bridgehead atoms. The Bertz CT molecular complexity index is 751. The predicted octanol–water partition coefficient (Wildman–Crippen LogP) is 3.68. The molecule has 3 aromatic rings. The number of hydrogen-bond acceptors (Lipinski definition) is 3. The lowest BCUT2D eigenvalue weighted by Crippen LogP contribution is -2.14. The van der Waals surface area contributed by atoms with Gasteiger partial charge >= 0.3 is 0 Å². The average Bonchev–Trinajstić information content (AvgIpc) is 2.95. The third-order valence-electron chi connectivity index (χ3n) is 3.28. The number of halogens is 1. The molecule has 2 aromatic heterocycles. The summed E-state index contributed by atoms with van der Waals surface area (Å²) in [5.41, 5.74) is 3.00. The molecule has 0 atom stereocenters. The van der Waals surface area contributed by atoms with Gasteiger partial charge in [0.05, 0.1) is 16.9 Å². The number of para-hydroxylation sites is 1. The smallest absolute Gasteiger partial charge is 0.0959 e. The average molecular weight is 345 g/mol. The van der Waals surface area contributed by atoms with Crippen LogP contribution < -0.4 is 5.32 Å². The highest BCUT2D eigenvalue weighted by atomic mass is 79.9. The second kappa shape index (κ2) is 6.37. The van der Waals surface area contributed by atoms with E-state index in [2.05, 4.69) is 50.4 Å². The molecule has 0 aliphatic heterocycles. The molecule has 4 nitrogen and oxygen atoms in total. The molecule has 2 heterocycles. The first-order chi connectivity index (χ1) is 10.3. The number of fused-ring (bicyclic) bond motifs is 1. The lowest BCUT2D eigenvalue weighted by molar-refractivity contribution is 0.657. The number of aromatic nitrogens is 3. The van der Waals surface area contributed by atoms with Crippen LogP contribution in [-0.4, -0.2) is 21.3 Å². The van der Waals surface area contributed by atoms with Crippen molar-refractivity contribution in [3.05, 3.63) is 52.9 Å². The molecule has 0 radical (unpaired) electrons. The summed E-state index contributed by atoms with van der Waals surface area (Å²) in [6, 6.07) is 10.2. The van der Waals surface area contributed by atoms with Gasteiger partial charge in [-0.15, -0.1) is 0 Å². The van der Waals surface area contributed by atoms with Gasteiger partial charge in [0.2, 0.25) is 0 Å². The summed E-state index contributed by atoms with van der Waals surface area (Å²) in [5.74, 6) is 0. The standard InChI is InChI=1S/C16H17BrN4/c1-2-7-18-11-14-6-8-21(20-14)15-5-3-4-12-9-13(17)10-19-16(12)15/h3-6,8-10,18H,2,7,11H2,1H3. The molecule has 0 saturated heterocycles. The van der Waals surface area contributed by atoms with E-state index in [-0.39, 0.29) is 0 Å². The van der Waals surface area contributed by atoms with E-state index in [1.807, 2.05) is 35.3 Å². The molecule has 0 aliphatic rings. The zero-order chi connectivity index (χ0) is 14.7. The maximum absolute atomic E-state index is 4.63. The summed E-state index contributed by atoms with van der Waals surface area (Å²) in [6.45, 7) is 3.97. The summed E-state index contributed by atoms with van der Waals surface area (Å²) in [7, 11) is 0. The van der Waals surface area contributed by atoms with Gasteiger partial charge in [-0.05, 0) is 47.1 Å². The van der Waals surface area contributed by atoms with Crippen LogP contribution in [0, 0.1) is 0 Å². The Morgan fingerprint density at radius 2 is 2.19 bits per heavy atom. The number of nitrogens with one attached hydrogen (secondary N) is 1. The minimum Gasteiger partial charge on any atom is -0.311 e. The van der Waals surface area contributed by atoms with Crippen molar-refractivity contribution in [2.75, 3.05) is 6.54 Å². The van der Waals surface area contributed by atoms with Gasteiger partial charge in [0.15, 0.2) is 0 Å². The molecule has 5 heteroatoms. The van der Waals surface area contributed by atoms with Crippen LogP contribution in [-0.2, 0) is 6.54 Å². The van der Waals surface area contributed by atoms with Crippen molar-refractivity contribution in [1.29, 1.82) is 0 Å². The van der Waals surface area contributed by atoms with Gasteiger partial charge in [0.1, 0.15) is 0 Å². The van der Waals surface area contributed by atoms with Crippen molar-refractivity contribution in [3.8, 4) is 5.69 Å².